The fourth-order valence-corrected chi connectivity index (χ4v) is 2.33. The molecule has 0 bridgehead atoms. The molecule has 2 N–H and O–H groups in total. The van der Waals surface area contributed by atoms with Gasteiger partial charge in [-0.15, -0.1) is 12.4 Å². The minimum absolute atomic E-state index is 0. The zero-order valence-corrected chi connectivity index (χ0v) is 13.9. The number of halogens is 4. The van der Waals surface area contributed by atoms with Crippen molar-refractivity contribution in [1.29, 1.82) is 0 Å². The second-order valence-corrected chi connectivity index (χ2v) is 5.26. The number of piperidine rings is 1. The maximum Gasteiger partial charge on any atom is 0.422 e. The third-order valence-corrected chi connectivity index (χ3v) is 3.45. The summed E-state index contributed by atoms with van der Waals surface area (Å²) in [7, 11) is 1.33. The first-order valence-electron chi connectivity index (χ1n) is 7.31. The average Bonchev–Trinajstić information content (AvgIpc) is 2.53. The molecule has 1 atom stereocenters. The lowest BCUT2D eigenvalue weighted by atomic mass is 10.0. The van der Waals surface area contributed by atoms with E-state index in [0.717, 1.165) is 25.8 Å². The van der Waals surface area contributed by atoms with Crippen molar-refractivity contribution < 1.29 is 27.4 Å². The van der Waals surface area contributed by atoms with Crippen molar-refractivity contribution >= 4 is 24.0 Å². The van der Waals surface area contributed by atoms with Gasteiger partial charge in [-0.3, -0.25) is 4.79 Å². The van der Waals surface area contributed by atoms with Gasteiger partial charge in [0.05, 0.1) is 13.2 Å². The van der Waals surface area contributed by atoms with E-state index in [-0.39, 0.29) is 35.9 Å². The lowest BCUT2D eigenvalue weighted by Crippen LogP contribution is -2.43. The molecule has 0 aliphatic carbocycles. The summed E-state index contributed by atoms with van der Waals surface area (Å²) in [6, 6.07) is 4.05. The van der Waals surface area contributed by atoms with E-state index in [0.29, 0.717) is 5.69 Å². The number of ether oxygens (including phenoxy) is 2. The van der Waals surface area contributed by atoms with E-state index in [1.165, 1.54) is 19.2 Å². The standard InChI is InChI=1S/C15H19F3N2O3.ClH/c1-22-12-6-5-10(8-13(12)23-9-15(16,17)18)20-14(21)11-4-2-3-7-19-11;/h5-6,8,11,19H,2-4,7,9H2,1H3,(H,20,21);1H. The first kappa shape index (κ1) is 20.4. The van der Waals surface area contributed by atoms with Gasteiger partial charge < -0.3 is 20.1 Å². The highest BCUT2D eigenvalue weighted by Gasteiger charge is 2.29. The first-order valence-corrected chi connectivity index (χ1v) is 7.31. The second kappa shape index (κ2) is 8.98. The number of rotatable bonds is 5. The molecule has 1 saturated heterocycles. The quantitative estimate of drug-likeness (QED) is 0.838. The lowest BCUT2D eigenvalue weighted by Gasteiger charge is -2.22. The maximum atomic E-state index is 12.3. The topological polar surface area (TPSA) is 59.6 Å². The van der Waals surface area contributed by atoms with Gasteiger partial charge in [-0.05, 0) is 31.5 Å². The summed E-state index contributed by atoms with van der Waals surface area (Å²) >= 11 is 0. The molecule has 1 heterocycles. The number of alkyl halides is 3. The van der Waals surface area contributed by atoms with Crippen LogP contribution in [0, 0.1) is 0 Å². The molecule has 0 spiro atoms. The van der Waals surface area contributed by atoms with Gasteiger partial charge in [-0.25, -0.2) is 0 Å². The van der Waals surface area contributed by atoms with Crippen molar-refractivity contribution in [1.82, 2.24) is 5.32 Å². The van der Waals surface area contributed by atoms with Crippen LogP contribution >= 0.6 is 12.4 Å². The van der Waals surface area contributed by atoms with Crippen LogP contribution in [0.15, 0.2) is 18.2 Å². The van der Waals surface area contributed by atoms with Crippen LogP contribution in [0.2, 0.25) is 0 Å². The minimum atomic E-state index is -4.45. The molecule has 1 aromatic rings. The normalized spacial score (nSPS) is 17.6. The molecule has 5 nitrogen and oxygen atoms in total. The average molecular weight is 369 g/mol. The Kier molecular flexibility index (Phi) is 7.62. The molecule has 0 saturated carbocycles. The molecule has 1 aromatic carbocycles. The molecule has 0 radical (unpaired) electrons. The van der Waals surface area contributed by atoms with Crippen LogP contribution in [0.1, 0.15) is 19.3 Å². The summed E-state index contributed by atoms with van der Waals surface area (Å²) in [5, 5.41) is 5.79. The predicted octanol–water partition coefficient (Wildman–Crippen LogP) is 3.14. The molecule has 1 fully saturated rings. The first-order chi connectivity index (χ1) is 10.9. The van der Waals surface area contributed by atoms with E-state index >= 15 is 0 Å². The van der Waals surface area contributed by atoms with Crippen molar-refractivity contribution in [3.05, 3.63) is 18.2 Å². The molecule has 9 heteroatoms. The third kappa shape index (κ3) is 6.09. The third-order valence-electron chi connectivity index (χ3n) is 3.45. The van der Waals surface area contributed by atoms with Gasteiger partial charge in [0.1, 0.15) is 0 Å². The molecule has 136 valence electrons. The van der Waals surface area contributed by atoms with Crippen LogP contribution in [-0.4, -0.2) is 38.4 Å². The number of carbonyl (C=O) groups excluding carboxylic acids is 1. The zero-order chi connectivity index (χ0) is 16.9. The van der Waals surface area contributed by atoms with Crippen molar-refractivity contribution in [2.24, 2.45) is 0 Å². The number of amides is 1. The van der Waals surface area contributed by atoms with Crippen LogP contribution in [0.3, 0.4) is 0 Å². The van der Waals surface area contributed by atoms with E-state index in [9.17, 15) is 18.0 Å². The molecule has 0 aromatic heterocycles. The van der Waals surface area contributed by atoms with E-state index < -0.39 is 12.8 Å². The Morgan fingerprint density at radius 2 is 2.08 bits per heavy atom. The van der Waals surface area contributed by atoms with Crippen molar-refractivity contribution in [2.45, 2.75) is 31.5 Å². The van der Waals surface area contributed by atoms with Gasteiger partial charge in [0.2, 0.25) is 5.91 Å². The number of carbonyl (C=O) groups is 1. The fourth-order valence-electron chi connectivity index (χ4n) is 2.33. The molecule has 1 aliphatic rings. The number of hydrogen-bond donors (Lipinski definition) is 2. The van der Waals surface area contributed by atoms with Crippen LogP contribution in [0.4, 0.5) is 18.9 Å². The summed E-state index contributed by atoms with van der Waals surface area (Å²) in [6.45, 7) is -0.647. The van der Waals surface area contributed by atoms with Crippen molar-refractivity contribution in [3.63, 3.8) is 0 Å². The lowest BCUT2D eigenvalue weighted by molar-refractivity contribution is -0.153. The number of nitrogens with one attached hydrogen (secondary N) is 2. The van der Waals surface area contributed by atoms with Gasteiger partial charge in [0.25, 0.3) is 0 Å². The predicted molar refractivity (Wildman–Crippen MR) is 86.1 cm³/mol. The zero-order valence-electron chi connectivity index (χ0n) is 13.1. The number of benzene rings is 1. The highest BCUT2D eigenvalue weighted by atomic mass is 35.5. The highest BCUT2D eigenvalue weighted by molar-refractivity contribution is 5.95. The summed E-state index contributed by atoms with van der Waals surface area (Å²) in [6.07, 6.45) is -1.72. The Morgan fingerprint density at radius 3 is 2.67 bits per heavy atom. The van der Waals surface area contributed by atoms with Crippen LogP contribution in [0.5, 0.6) is 11.5 Å². The molecule has 2 rings (SSSR count). The minimum Gasteiger partial charge on any atom is -0.493 e. The van der Waals surface area contributed by atoms with Gasteiger partial charge in [-0.2, -0.15) is 13.2 Å². The van der Waals surface area contributed by atoms with E-state index in [4.69, 9.17) is 9.47 Å². The Bertz CT molecular complexity index is 549. The van der Waals surface area contributed by atoms with Crippen LogP contribution in [0.25, 0.3) is 0 Å². The SMILES string of the molecule is COc1ccc(NC(=O)C2CCCCN2)cc1OCC(F)(F)F.Cl. The Labute approximate surface area is 144 Å². The smallest absolute Gasteiger partial charge is 0.422 e. The van der Waals surface area contributed by atoms with E-state index in [2.05, 4.69) is 10.6 Å². The number of methoxy groups -OCH3 is 1. The fraction of sp³-hybridized carbons (Fsp3) is 0.533. The second-order valence-electron chi connectivity index (χ2n) is 5.26. The van der Waals surface area contributed by atoms with Gasteiger partial charge in [0, 0.05) is 11.8 Å². The molecular formula is C15H20ClF3N2O3. The summed E-state index contributed by atoms with van der Waals surface area (Å²) < 4.78 is 46.6. The van der Waals surface area contributed by atoms with Crippen molar-refractivity contribution in [2.75, 3.05) is 25.6 Å². The Balaban J connectivity index is 0.00000288. The number of hydrogen-bond acceptors (Lipinski definition) is 4. The number of anilines is 1. The van der Waals surface area contributed by atoms with E-state index in [1.54, 1.807) is 6.07 Å². The van der Waals surface area contributed by atoms with Gasteiger partial charge in [-0.1, -0.05) is 6.42 Å². The van der Waals surface area contributed by atoms with Crippen molar-refractivity contribution in [3.8, 4) is 11.5 Å². The Morgan fingerprint density at radius 1 is 1.33 bits per heavy atom. The van der Waals surface area contributed by atoms with Gasteiger partial charge in [0.15, 0.2) is 18.1 Å². The highest BCUT2D eigenvalue weighted by Crippen LogP contribution is 2.31. The molecular weight excluding hydrogens is 349 g/mol. The molecule has 1 amide bonds. The summed E-state index contributed by atoms with van der Waals surface area (Å²) in [5.74, 6) is -0.112. The van der Waals surface area contributed by atoms with E-state index in [1.807, 2.05) is 0 Å². The van der Waals surface area contributed by atoms with Gasteiger partial charge >= 0.3 is 6.18 Å². The molecule has 24 heavy (non-hydrogen) atoms. The van der Waals surface area contributed by atoms with Crippen LogP contribution in [-0.2, 0) is 4.79 Å². The maximum absolute atomic E-state index is 12.3. The summed E-state index contributed by atoms with van der Waals surface area (Å²) in [4.78, 5) is 12.1. The van der Waals surface area contributed by atoms with Crippen LogP contribution < -0.4 is 20.1 Å². The molecule has 1 aliphatic heterocycles. The Hall–Kier alpha value is -1.67. The molecule has 1 unspecified atom stereocenters. The largest absolute Gasteiger partial charge is 0.493 e. The summed E-state index contributed by atoms with van der Waals surface area (Å²) in [5.41, 5.74) is 0.361. The monoisotopic (exact) mass is 368 g/mol.